The molecule has 0 unspecified atom stereocenters. The first-order valence-corrected chi connectivity index (χ1v) is 16.6. The standard InChI is InChI=1S/C46H37NO/c1-46(2,3)44-40-23-10-12-26-43(40)48-45(44)36-19-13-20-37(31-36)47(42-25-14-18-34-17-7-8-21-38(34)42)41-24-11-9-22-39(41)35-29-27-33(28-30-35)32-15-5-4-6-16-32/h4-31H,1-3H3. The molecule has 8 rings (SSSR count). The summed E-state index contributed by atoms with van der Waals surface area (Å²) in [5.74, 6) is 0.924. The summed E-state index contributed by atoms with van der Waals surface area (Å²) in [7, 11) is 0. The fourth-order valence-electron chi connectivity index (χ4n) is 6.98. The van der Waals surface area contributed by atoms with Crippen LogP contribution < -0.4 is 4.90 Å². The monoisotopic (exact) mass is 619 g/mol. The van der Waals surface area contributed by atoms with Crippen molar-refractivity contribution in [1.82, 2.24) is 0 Å². The molecule has 0 amide bonds. The number of furan rings is 1. The number of benzene rings is 7. The van der Waals surface area contributed by atoms with Gasteiger partial charge in [-0.2, -0.15) is 0 Å². The average Bonchev–Trinajstić information content (AvgIpc) is 3.54. The van der Waals surface area contributed by atoms with E-state index in [4.69, 9.17) is 4.42 Å². The van der Waals surface area contributed by atoms with Gasteiger partial charge in [0.25, 0.3) is 0 Å². The van der Waals surface area contributed by atoms with Gasteiger partial charge in [0.05, 0.1) is 11.4 Å². The van der Waals surface area contributed by atoms with Crippen LogP contribution in [0.3, 0.4) is 0 Å². The van der Waals surface area contributed by atoms with Crippen LogP contribution in [0.15, 0.2) is 174 Å². The zero-order chi connectivity index (χ0) is 32.7. The van der Waals surface area contributed by atoms with E-state index in [0.717, 1.165) is 39.5 Å². The van der Waals surface area contributed by atoms with Gasteiger partial charge in [-0.1, -0.05) is 160 Å². The highest BCUT2D eigenvalue weighted by Crippen LogP contribution is 2.46. The van der Waals surface area contributed by atoms with Crippen LogP contribution in [0.4, 0.5) is 17.1 Å². The van der Waals surface area contributed by atoms with Crippen LogP contribution in [0.5, 0.6) is 0 Å². The molecule has 8 aromatic rings. The van der Waals surface area contributed by atoms with E-state index in [-0.39, 0.29) is 5.41 Å². The van der Waals surface area contributed by atoms with E-state index >= 15 is 0 Å². The number of fused-ring (bicyclic) bond motifs is 2. The minimum Gasteiger partial charge on any atom is -0.456 e. The highest BCUT2D eigenvalue weighted by Gasteiger charge is 2.27. The molecular formula is C46H37NO. The fourth-order valence-corrected chi connectivity index (χ4v) is 6.98. The molecule has 0 aliphatic rings. The summed E-state index contributed by atoms with van der Waals surface area (Å²) in [6, 6.07) is 60.6. The maximum atomic E-state index is 6.65. The van der Waals surface area contributed by atoms with Gasteiger partial charge < -0.3 is 9.32 Å². The molecule has 2 nitrogen and oxygen atoms in total. The Morgan fingerprint density at radius 3 is 1.85 bits per heavy atom. The number of nitrogens with zero attached hydrogens (tertiary/aromatic N) is 1. The summed E-state index contributed by atoms with van der Waals surface area (Å²) < 4.78 is 6.65. The second-order valence-corrected chi connectivity index (χ2v) is 13.4. The van der Waals surface area contributed by atoms with Crippen molar-refractivity contribution < 1.29 is 4.42 Å². The first-order chi connectivity index (χ1) is 23.5. The molecule has 2 heteroatoms. The summed E-state index contributed by atoms with van der Waals surface area (Å²) in [6.07, 6.45) is 0. The van der Waals surface area contributed by atoms with Gasteiger partial charge in [0.1, 0.15) is 11.3 Å². The van der Waals surface area contributed by atoms with Crippen LogP contribution in [0.2, 0.25) is 0 Å². The Kier molecular flexibility index (Phi) is 7.42. The average molecular weight is 620 g/mol. The molecule has 0 saturated carbocycles. The number of hydrogen-bond donors (Lipinski definition) is 0. The highest BCUT2D eigenvalue weighted by atomic mass is 16.3. The van der Waals surface area contributed by atoms with Crippen molar-refractivity contribution in [3.8, 4) is 33.6 Å². The predicted octanol–water partition coefficient (Wildman–Crippen LogP) is 13.4. The van der Waals surface area contributed by atoms with Crippen LogP contribution in [0, 0.1) is 0 Å². The lowest BCUT2D eigenvalue weighted by Gasteiger charge is -2.29. The topological polar surface area (TPSA) is 16.4 Å². The number of rotatable bonds is 6. The lowest BCUT2D eigenvalue weighted by atomic mass is 9.83. The molecule has 0 N–H and O–H groups in total. The first kappa shape index (κ1) is 29.5. The maximum absolute atomic E-state index is 6.65. The third-order valence-corrected chi connectivity index (χ3v) is 9.17. The van der Waals surface area contributed by atoms with Crippen LogP contribution >= 0.6 is 0 Å². The Morgan fingerprint density at radius 1 is 0.458 bits per heavy atom. The molecule has 7 aromatic carbocycles. The zero-order valence-corrected chi connectivity index (χ0v) is 27.5. The summed E-state index contributed by atoms with van der Waals surface area (Å²) in [5, 5.41) is 3.56. The molecule has 232 valence electrons. The maximum Gasteiger partial charge on any atom is 0.139 e. The van der Waals surface area contributed by atoms with Gasteiger partial charge in [-0.25, -0.2) is 0 Å². The molecule has 0 atom stereocenters. The Labute approximate surface area is 282 Å². The largest absolute Gasteiger partial charge is 0.456 e. The van der Waals surface area contributed by atoms with E-state index in [2.05, 4.69) is 189 Å². The SMILES string of the molecule is CC(C)(C)c1c(-c2cccc(N(c3ccccc3-c3ccc(-c4ccccc4)cc3)c3cccc4ccccc34)c2)oc2ccccc12. The molecule has 0 saturated heterocycles. The predicted molar refractivity (Wildman–Crippen MR) is 203 cm³/mol. The summed E-state index contributed by atoms with van der Waals surface area (Å²) >= 11 is 0. The van der Waals surface area contributed by atoms with Gasteiger partial charge in [-0.3, -0.25) is 0 Å². The molecule has 1 heterocycles. The molecule has 0 bridgehead atoms. The Bertz CT molecular complexity index is 2370. The number of anilines is 3. The van der Waals surface area contributed by atoms with Crippen molar-refractivity contribution in [3.63, 3.8) is 0 Å². The van der Waals surface area contributed by atoms with E-state index < -0.39 is 0 Å². The van der Waals surface area contributed by atoms with Crippen molar-refractivity contribution in [2.24, 2.45) is 0 Å². The lowest BCUT2D eigenvalue weighted by Crippen LogP contribution is -2.13. The molecule has 1 aromatic heterocycles. The summed E-state index contributed by atoms with van der Waals surface area (Å²) in [5.41, 5.74) is 11.1. The van der Waals surface area contributed by atoms with Gasteiger partial charge in [0, 0.05) is 33.2 Å². The summed E-state index contributed by atoms with van der Waals surface area (Å²) in [4.78, 5) is 2.41. The Hall–Kier alpha value is -5.86. The van der Waals surface area contributed by atoms with Crippen molar-refractivity contribution in [1.29, 1.82) is 0 Å². The zero-order valence-electron chi connectivity index (χ0n) is 27.5. The molecule has 0 fully saturated rings. The van der Waals surface area contributed by atoms with Gasteiger partial charge in [-0.15, -0.1) is 0 Å². The van der Waals surface area contributed by atoms with Crippen LogP contribution in [-0.4, -0.2) is 0 Å². The first-order valence-electron chi connectivity index (χ1n) is 16.6. The van der Waals surface area contributed by atoms with Crippen molar-refractivity contribution in [3.05, 3.63) is 175 Å². The molecule has 0 aliphatic heterocycles. The molecule has 0 aliphatic carbocycles. The molecule has 48 heavy (non-hydrogen) atoms. The second-order valence-electron chi connectivity index (χ2n) is 13.4. The second kappa shape index (κ2) is 12.1. The normalized spacial score (nSPS) is 11.6. The van der Waals surface area contributed by atoms with E-state index in [0.29, 0.717) is 0 Å². The lowest BCUT2D eigenvalue weighted by molar-refractivity contribution is 0.568. The highest BCUT2D eigenvalue weighted by molar-refractivity contribution is 6.01. The molecule has 0 spiro atoms. The fraction of sp³-hybridized carbons (Fsp3) is 0.0870. The van der Waals surface area contributed by atoms with Gasteiger partial charge in [-0.05, 0) is 57.8 Å². The van der Waals surface area contributed by atoms with Gasteiger partial charge >= 0.3 is 0 Å². The van der Waals surface area contributed by atoms with Crippen molar-refractivity contribution >= 4 is 38.8 Å². The Morgan fingerprint density at radius 2 is 1.04 bits per heavy atom. The summed E-state index contributed by atoms with van der Waals surface area (Å²) in [6.45, 7) is 6.79. The molecule has 0 radical (unpaired) electrons. The van der Waals surface area contributed by atoms with Crippen molar-refractivity contribution in [2.45, 2.75) is 26.2 Å². The third kappa shape index (κ3) is 5.36. The van der Waals surface area contributed by atoms with E-state index in [1.807, 2.05) is 6.07 Å². The third-order valence-electron chi connectivity index (χ3n) is 9.17. The van der Waals surface area contributed by atoms with E-state index in [1.165, 1.54) is 38.4 Å². The van der Waals surface area contributed by atoms with Crippen LogP contribution in [0.1, 0.15) is 26.3 Å². The van der Waals surface area contributed by atoms with Crippen molar-refractivity contribution in [2.75, 3.05) is 4.90 Å². The quantitative estimate of drug-likeness (QED) is 0.184. The minimum atomic E-state index is -0.105. The van der Waals surface area contributed by atoms with Crippen LogP contribution in [-0.2, 0) is 5.41 Å². The number of para-hydroxylation sites is 2. The Balaban J connectivity index is 1.33. The van der Waals surface area contributed by atoms with E-state index in [9.17, 15) is 0 Å². The van der Waals surface area contributed by atoms with Gasteiger partial charge in [0.15, 0.2) is 0 Å². The minimum absolute atomic E-state index is 0.105. The molecular weight excluding hydrogens is 583 g/mol. The van der Waals surface area contributed by atoms with Gasteiger partial charge in [0.2, 0.25) is 0 Å². The number of hydrogen-bond acceptors (Lipinski definition) is 2. The van der Waals surface area contributed by atoms with E-state index in [1.54, 1.807) is 0 Å². The van der Waals surface area contributed by atoms with Crippen LogP contribution in [0.25, 0.3) is 55.3 Å². The smallest absolute Gasteiger partial charge is 0.139 e.